The minimum absolute atomic E-state index is 0.225. The van der Waals surface area contributed by atoms with Crippen LogP contribution in [0.2, 0.25) is 0 Å². The number of nitrogens with zero attached hydrogens (tertiary/aromatic N) is 5. The van der Waals surface area contributed by atoms with E-state index in [2.05, 4.69) is 42.3 Å². The van der Waals surface area contributed by atoms with Gasteiger partial charge in [-0.3, -0.25) is 4.98 Å². The van der Waals surface area contributed by atoms with Crippen LogP contribution in [0.1, 0.15) is 38.3 Å². The zero-order valence-electron chi connectivity index (χ0n) is 14.8. The molecule has 5 rings (SSSR count). The first-order valence-electron chi connectivity index (χ1n) is 9.16. The average Bonchev–Trinajstić information content (AvgIpc) is 3.53. The molecule has 0 amide bonds. The van der Waals surface area contributed by atoms with E-state index in [9.17, 15) is 9.90 Å². The van der Waals surface area contributed by atoms with E-state index in [1.165, 1.54) is 12.8 Å². The van der Waals surface area contributed by atoms with Crippen LogP contribution in [0.3, 0.4) is 0 Å². The molecule has 0 saturated heterocycles. The Labute approximate surface area is 153 Å². The molecule has 1 atom stereocenters. The van der Waals surface area contributed by atoms with Crippen molar-refractivity contribution in [3.05, 3.63) is 33.2 Å². The fraction of sp³-hybridized carbons (Fsp3) is 0.471. The van der Waals surface area contributed by atoms with Crippen molar-refractivity contribution in [2.24, 2.45) is 10.9 Å². The SMILES string of the molecule is C[C@@H](Nc1nc(=NC2CC2)n2ncc(=Cc3[nH]c(=O)[nH]c3O)c2n1)C1CC1. The maximum absolute atomic E-state index is 11.4. The fourth-order valence-corrected chi connectivity index (χ4v) is 3.06. The van der Waals surface area contributed by atoms with Crippen LogP contribution in [0.5, 0.6) is 5.88 Å². The predicted molar refractivity (Wildman–Crippen MR) is 97.0 cm³/mol. The molecule has 0 radical (unpaired) electrons. The van der Waals surface area contributed by atoms with Crippen molar-refractivity contribution in [3.63, 3.8) is 0 Å². The number of H-pyrrole nitrogens is 2. The van der Waals surface area contributed by atoms with Gasteiger partial charge < -0.3 is 15.4 Å². The van der Waals surface area contributed by atoms with Crippen LogP contribution < -0.4 is 21.8 Å². The zero-order valence-corrected chi connectivity index (χ0v) is 14.8. The van der Waals surface area contributed by atoms with E-state index in [0.29, 0.717) is 40.4 Å². The van der Waals surface area contributed by atoms with E-state index >= 15 is 0 Å². The number of anilines is 1. The van der Waals surface area contributed by atoms with Gasteiger partial charge in [0.1, 0.15) is 5.69 Å². The Balaban J connectivity index is 1.66. The molecule has 10 nitrogen and oxygen atoms in total. The van der Waals surface area contributed by atoms with E-state index in [0.717, 1.165) is 12.8 Å². The summed E-state index contributed by atoms with van der Waals surface area (Å²) < 4.78 is 1.60. The van der Waals surface area contributed by atoms with Crippen molar-refractivity contribution in [2.45, 2.75) is 44.7 Å². The minimum Gasteiger partial charge on any atom is -0.493 e. The topological polar surface area (TPSA) is 136 Å². The van der Waals surface area contributed by atoms with Crippen molar-refractivity contribution in [2.75, 3.05) is 5.32 Å². The molecule has 3 heterocycles. The Morgan fingerprint density at radius 3 is 2.81 bits per heavy atom. The lowest BCUT2D eigenvalue weighted by Gasteiger charge is -2.12. The minimum atomic E-state index is -0.477. The van der Waals surface area contributed by atoms with Crippen LogP contribution in [-0.2, 0) is 0 Å². The number of aromatic amines is 2. The van der Waals surface area contributed by atoms with E-state index in [-0.39, 0.29) is 11.6 Å². The van der Waals surface area contributed by atoms with Gasteiger partial charge in [-0.15, -0.1) is 0 Å². The van der Waals surface area contributed by atoms with Gasteiger partial charge in [-0.05, 0) is 44.6 Å². The lowest BCUT2D eigenvalue weighted by atomic mass is 10.2. The maximum atomic E-state index is 11.4. The molecular formula is C17H20N8O2. The first kappa shape index (κ1) is 16.0. The molecule has 4 N–H and O–H groups in total. The average molecular weight is 368 g/mol. The summed E-state index contributed by atoms with van der Waals surface area (Å²) in [4.78, 5) is 30.0. The summed E-state index contributed by atoms with van der Waals surface area (Å²) in [6.45, 7) is 2.13. The molecule has 0 unspecified atom stereocenters. The predicted octanol–water partition coefficient (Wildman–Crippen LogP) is -0.333. The Morgan fingerprint density at radius 2 is 2.15 bits per heavy atom. The summed E-state index contributed by atoms with van der Waals surface area (Å²) in [5.74, 6) is 0.951. The molecule has 0 aromatic carbocycles. The second-order valence-corrected chi connectivity index (χ2v) is 7.30. The largest absolute Gasteiger partial charge is 0.493 e. The highest BCUT2D eigenvalue weighted by molar-refractivity contribution is 5.57. The second-order valence-electron chi connectivity index (χ2n) is 7.30. The molecule has 0 aliphatic heterocycles. The smallest absolute Gasteiger partial charge is 0.326 e. The highest BCUT2D eigenvalue weighted by Gasteiger charge is 2.28. The van der Waals surface area contributed by atoms with Crippen molar-refractivity contribution in [3.8, 4) is 5.88 Å². The first-order chi connectivity index (χ1) is 13.1. The molecular weight excluding hydrogens is 348 g/mol. The second kappa shape index (κ2) is 5.93. The summed E-state index contributed by atoms with van der Waals surface area (Å²) in [6.07, 6.45) is 7.81. The van der Waals surface area contributed by atoms with Gasteiger partial charge in [0.05, 0.1) is 12.2 Å². The number of imidazole rings is 1. The van der Waals surface area contributed by atoms with E-state index in [1.807, 2.05) is 0 Å². The van der Waals surface area contributed by atoms with Crippen LogP contribution in [0.4, 0.5) is 5.95 Å². The van der Waals surface area contributed by atoms with Gasteiger partial charge in [0, 0.05) is 11.3 Å². The number of aromatic hydroxyl groups is 1. The van der Waals surface area contributed by atoms with Crippen LogP contribution in [0.15, 0.2) is 16.0 Å². The van der Waals surface area contributed by atoms with Crippen molar-refractivity contribution in [1.82, 2.24) is 29.5 Å². The number of hydrogen-bond acceptors (Lipinski definition) is 7. The molecule has 2 saturated carbocycles. The first-order valence-corrected chi connectivity index (χ1v) is 9.16. The lowest BCUT2D eigenvalue weighted by molar-refractivity contribution is 0.454. The molecule has 0 bridgehead atoms. The van der Waals surface area contributed by atoms with Crippen molar-refractivity contribution < 1.29 is 5.11 Å². The Hall–Kier alpha value is -3.17. The molecule has 0 spiro atoms. The normalized spacial score (nSPS) is 19.7. The van der Waals surface area contributed by atoms with Crippen molar-refractivity contribution in [1.29, 1.82) is 0 Å². The molecule has 2 aliphatic carbocycles. The van der Waals surface area contributed by atoms with Gasteiger partial charge >= 0.3 is 5.69 Å². The molecule has 2 fully saturated rings. The van der Waals surface area contributed by atoms with Gasteiger partial charge in [0.2, 0.25) is 11.8 Å². The number of hydrogen-bond donors (Lipinski definition) is 4. The van der Waals surface area contributed by atoms with Crippen LogP contribution >= 0.6 is 0 Å². The van der Waals surface area contributed by atoms with Gasteiger partial charge in [0.15, 0.2) is 5.65 Å². The lowest BCUT2D eigenvalue weighted by Crippen LogP contribution is -2.27. The van der Waals surface area contributed by atoms with Crippen molar-refractivity contribution >= 4 is 17.7 Å². The van der Waals surface area contributed by atoms with E-state index < -0.39 is 5.69 Å². The van der Waals surface area contributed by atoms with Crippen LogP contribution in [0, 0.1) is 5.92 Å². The third kappa shape index (κ3) is 3.18. The monoisotopic (exact) mass is 368 g/mol. The third-order valence-corrected chi connectivity index (χ3v) is 4.94. The van der Waals surface area contributed by atoms with E-state index in [1.54, 1.807) is 16.8 Å². The molecule has 3 aromatic rings. The maximum Gasteiger partial charge on any atom is 0.326 e. The summed E-state index contributed by atoms with van der Waals surface area (Å²) >= 11 is 0. The Morgan fingerprint density at radius 1 is 1.33 bits per heavy atom. The molecule has 3 aromatic heterocycles. The number of rotatable bonds is 5. The zero-order chi connectivity index (χ0) is 18.5. The molecule has 27 heavy (non-hydrogen) atoms. The highest BCUT2D eigenvalue weighted by atomic mass is 16.3. The number of nitrogens with one attached hydrogen (secondary N) is 3. The van der Waals surface area contributed by atoms with Gasteiger partial charge in [0.25, 0.3) is 5.62 Å². The van der Waals surface area contributed by atoms with Crippen LogP contribution in [0.25, 0.3) is 11.7 Å². The third-order valence-electron chi connectivity index (χ3n) is 4.94. The quantitative estimate of drug-likeness (QED) is 0.487. The molecule has 2 aliphatic rings. The van der Waals surface area contributed by atoms with Gasteiger partial charge in [-0.1, -0.05) is 0 Å². The Kier molecular flexibility index (Phi) is 3.52. The summed E-state index contributed by atoms with van der Waals surface area (Å²) in [7, 11) is 0. The summed E-state index contributed by atoms with van der Waals surface area (Å²) in [5, 5.41) is 18.2. The highest BCUT2D eigenvalue weighted by Crippen LogP contribution is 2.33. The Bertz CT molecular complexity index is 1180. The standard InChI is InChI=1S/C17H20N8O2/c1-8(9-2-3-9)19-15-22-13-10(6-12-14(26)23-17(27)21-12)7-18-25(13)16(24-15)20-11-4-5-11/h6-9,11,26H,2-5H2,1H3,(H,19,20,24)(H2,21,23,27)/t8-/m1/s1. The fourth-order valence-electron chi connectivity index (χ4n) is 3.06. The van der Waals surface area contributed by atoms with Gasteiger partial charge in [-0.2, -0.15) is 19.6 Å². The molecule has 10 heteroatoms. The van der Waals surface area contributed by atoms with E-state index in [4.69, 9.17) is 0 Å². The van der Waals surface area contributed by atoms with Gasteiger partial charge in [-0.25, -0.2) is 9.79 Å². The number of aromatic nitrogens is 6. The molecule has 140 valence electrons. The summed E-state index contributed by atoms with van der Waals surface area (Å²) in [6, 6.07) is 0.583. The number of fused-ring (bicyclic) bond motifs is 1. The summed E-state index contributed by atoms with van der Waals surface area (Å²) in [5.41, 5.74) is 0.876. The van der Waals surface area contributed by atoms with Crippen LogP contribution in [-0.4, -0.2) is 46.7 Å².